The van der Waals surface area contributed by atoms with Crippen LogP contribution in [0, 0.1) is 0 Å². The minimum atomic E-state index is -0.119. The molecule has 1 aromatic carbocycles. The van der Waals surface area contributed by atoms with E-state index in [1.165, 1.54) is 11.1 Å². The summed E-state index contributed by atoms with van der Waals surface area (Å²) in [5.41, 5.74) is 2.42. The highest BCUT2D eigenvalue weighted by molar-refractivity contribution is 5.85. The molecule has 0 atom stereocenters. The number of guanidine groups is 1. The number of hydrogen-bond donors (Lipinski definition) is 2. The summed E-state index contributed by atoms with van der Waals surface area (Å²) >= 11 is 0. The molecule has 0 saturated heterocycles. The number of carbonyl (C=O) groups is 1. The summed E-state index contributed by atoms with van der Waals surface area (Å²) in [6.45, 7) is 5.33. The molecule has 2 N–H and O–H groups in total. The predicted molar refractivity (Wildman–Crippen MR) is 105 cm³/mol. The Morgan fingerprint density at radius 3 is 2.48 bits per heavy atom. The number of hydrogen-bond acceptors (Lipinski definition) is 5. The SMILES string of the molecule is CCNC(=NCC(=O)NCCOC)N1CCc2cc(OC)c(OC)cc2C1. The smallest absolute Gasteiger partial charge is 0.241 e. The van der Waals surface area contributed by atoms with Crippen molar-refractivity contribution in [1.29, 1.82) is 0 Å². The van der Waals surface area contributed by atoms with Crippen LogP contribution in [-0.4, -0.2) is 70.9 Å². The van der Waals surface area contributed by atoms with Gasteiger partial charge in [0.25, 0.3) is 0 Å². The van der Waals surface area contributed by atoms with E-state index in [1.54, 1.807) is 21.3 Å². The average Bonchev–Trinajstić information content (AvgIpc) is 2.69. The fourth-order valence-electron chi connectivity index (χ4n) is 2.98. The number of benzene rings is 1. The zero-order valence-corrected chi connectivity index (χ0v) is 16.6. The first-order valence-electron chi connectivity index (χ1n) is 9.15. The summed E-state index contributed by atoms with van der Waals surface area (Å²) in [4.78, 5) is 18.6. The van der Waals surface area contributed by atoms with E-state index in [-0.39, 0.29) is 12.5 Å². The lowest BCUT2D eigenvalue weighted by Gasteiger charge is -2.32. The Morgan fingerprint density at radius 1 is 1.15 bits per heavy atom. The van der Waals surface area contributed by atoms with Crippen molar-refractivity contribution in [3.63, 3.8) is 0 Å². The number of rotatable bonds is 8. The summed E-state index contributed by atoms with van der Waals surface area (Å²) in [5.74, 6) is 2.08. The van der Waals surface area contributed by atoms with Gasteiger partial charge in [0.2, 0.25) is 5.91 Å². The molecule has 1 aliphatic heterocycles. The molecule has 1 aliphatic rings. The van der Waals surface area contributed by atoms with Gasteiger partial charge in [-0.2, -0.15) is 0 Å². The normalized spacial score (nSPS) is 13.8. The molecule has 0 aliphatic carbocycles. The summed E-state index contributed by atoms with van der Waals surface area (Å²) in [6, 6.07) is 4.06. The highest BCUT2D eigenvalue weighted by Crippen LogP contribution is 2.33. The molecule has 8 heteroatoms. The van der Waals surface area contributed by atoms with Gasteiger partial charge in [-0.05, 0) is 36.6 Å². The Hall–Kier alpha value is -2.48. The second kappa shape index (κ2) is 10.6. The van der Waals surface area contributed by atoms with Crippen LogP contribution in [0.15, 0.2) is 17.1 Å². The highest BCUT2D eigenvalue weighted by Gasteiger charge is 2.21. The van der Waals surface area contributed by atoms with Crippen molar-refractivity contribution >= 4 is 11.9 Å². The number of amides is 1. The molecule has 0 fully saturated rings. The fourth-order valence-corrected chi connectivity index (χ4v) is 2.98. The number of nitrogens with one attached hydrogen (secondary N) is 2. The lowest BCUT2D eigenvalue weighted by atomic mass is 9.99. The zero-order chi connectivity index (χ0) is 19.6. The Kier molecular flexibility index (Phi) is 8.19. The molecule has 1 heterocycles. The maximum atomic E-state index is 11.9. The van der Waals surface area contributed by atoms with E-state index < -0.39 is 0 Å². The molecule has 0 spiro atoms. The first kappa shape index (κ1) is 20.8. The van der Waals surface area contributed by atoms with Gasteiger partial charge in [-0.15, -0.1) is 0 Å². The quantitative estimate of drug-likeness (QED) is 0.395. The summed E-state index contributed by atoms with van der Waals surface area (Å²) in [5, 5.41) is 6.05. The molecule has 27 heavy (non-hydrogen) atoms. The van der Waals surface area contributed by atoms with E-state index in [9.17, 15) is 4.79 Å². The molecule has 150 valence electrons. The van der Waals surface area contributed by atoms with Crippen LogP contribution in [-0.2, 0) is 22.5 Å². The van der Waals surface area contributed by atoms with Gasteiger partial charge in [0.05, 0.1) is 20.8 Å². The largest absolute Gasteiger partial charge is 0.493 e. The highest BCUT2D eigenvalue weighted by atomic mass is 16.5. The monoisotopic (exact) mass is 378 g/mol. The van der Waals surface area contributed by atoms with Crippen molar-refractivity contribution in [3.05, 3.63) is 23.3 Å². The molecule has 2 rings (SSSR count). The van der Waals surface area contributed by atoms with Gasteiger partial charge in [-0.1, -0.05) is 0 Å². The van der Waals surface area contributed by atoms with Crippen LogP contribution < -0.4 is 20.1 Å². The Labute approximate surface area is 160 Å². The number of carbonyl (C=O) groups excluding carboxylic acids is 1. The van der Waals surface area contributed by atoms with Crippen molar-refractivity contribution in [2.75, 3.05) is 54.1 Å². The molecular formula is C19H30N4O4. The van der Waals surface area contributed by atoms with Gasteiger partial charge in [0, 0.05) is 33.3 Å². The predicted octanol–water partition coefficient (Wildman–Crippen LogP) is 0.790. The van der Waals surface area contributed by atoms with Crippen molar-refractivity contribution < 1.29 is 19.0 Å². The molecule has 0 saturated carbocycles. The molecular weight excluding hydrogens is 348 g/mol. The lowest BCUT2D eigenvalue weighted by Crippen LogP contribution is -2.44. The average molecular weight is 378 g/mol. The Morgan fingerprint density at radius 2 is 1.85 bits per heavy atom. The van der Waals surface area contributed by atoms with Crippen LogP contribution in [0.1, 0.15) is 18.1 Å². The van der Waals surface area contributed by atoms with Crippen LogP contribution in [0.5, 0.6) is 11.5 Å². The van der Waals surface area contributed by atoms with Crippen LogP contribution in [0.25, 0.3) is 0 Å². The zero-order valence-electron chi connectivity index (χ0n) is 16.6. The van der Waals surface area contributed by atoms with Crippen LogP contribution >= 0.6 is 0 Å². The Bertz CT molecular complexity index is 663. The molecule has 0 unspecified atom stereocenters. The third kappa shape index (κ3) is 5.75. The molecule has 1 aromatic rings. The second-order valence-corrected chi connectivity index (χ2v) is 6.16. The minimum absolute atomic E-state index is 0.0847. The van der Waals surface area contributed by atoms with E-state index in [0.717, 1.165) is 37.0 Å². The van der Waals surface area contributed by atoms with E-state index in [1.807, 2.05) is 19.1 Å². The molecule has 0 radical (unpaired) electrons. The molecule has 0 bridgehead atoms. The number of ether oxygens (including phenoxy) is 3. The van der Waals surface area contributed by atoms with E-state index in [0.29, 0.717) is 19.7 Å². The Balaban J connectivity index is 2.08. The third-order valence-electron chi connectivity index (χ3n) is 4.35. The standard InChI is InChI=1S/C19H30N4O4/c1-5-20-19(22-12-18(24)21-7-9-25-2)23-8-6-14-10-16(26-3)17(27-4)11-15(14)13-23/h10-11H,5-9,12-13H2,1-4H3,(H,20,22)(H,21,24). The van der Waals surface area contributed by atoms with Gasteiger partial charge in [-0.25, -0.2) is 4.99 Å². The number of nitrogens with zero attached hydrogens (tertiary/aromatic N) is 2. The van der Waals surface area contributed by atoms with Crippen LogP contribution in [0.2, 0.25) is 0 Å². The number of aliphatic imine (C=N–C) groups is 1. The first-order chi connectivity index (χ1) is 13.1. The lowest BCUT2D eigenvalue weighted by molar-refractivity contribution is -0.119. The summed E-state index contributed by atoms with van der Waals surface area (Å²) in [6.07, 6.45) is 0.875. The van der Waals surface area contributed by atoms with Crippen LogP contribution in [0.4, 0.5) is 0 Å². The topological polar surface area (TPSA) is 84.4 Å². The summed E-state index contributed by atoms with van der Waals surface area (Å²) < 4.78 is 15.7. The summed E-state index contributed by atoms with van der Waals surface area (Å²) in [7, 11) is 4.89. The van der Waals surface area contributed by atoms with Crippen molar-refractivity contribution in [1.82, 2.24) is 15.5 Å². The van der Waals surface area contributed by atoms with Gasteiger partial charge in [0.1, 0.15) is 6.54 Å². The third-order valence-corrected chi connectivity index (χ3v) is 4.35. The van der Waals surface area contributed by atoms with Crippen molar-refractivity contribution in [2.45, 2.75) is 19.9 Å². The second-order valence-electron chi connectivity index (χ2n) is 6.16. The minimum Gasteiger partial charge on any atom is -0.493 e. The number of methoxy groups -OCH3 is 3. The van der Waals surface area contributed by atoms with Crippen LogP contribution in [0.3, 0.4) is 0 Å². The first-order valence-corrected chi connectivity index (χ1v) is 9.15. The van der Waals surface area contributed by atoms with E-state index in [2.05, 4.69) is 20.5 Å². The van der Waals surface area contributed by atoms with E-state index >= 15 is 0 Å². The fraction of sp³-hybridized carbons (Fsp3) is 0.579. The van der Waals surface area contributed by atoms with Gasteiger partial charge in [0.15, 0.2) is 17.5 Å². The van der Waals surface area contributed by atoms with Crippen molar-refractivity contribution in [3.8, 4) is 11.5 Å². The number of fused-ring (bicyclic) bond motifs is 1. The molecule has 0 aromatic heterocycles. The maximum Gasteiger partial charge on any atom is 0.241 e. The maximum absolute atomic E-state index is 11.9. The molecule has 1 amide bonds. The van der Waals surface area contributed by atoms with Gasteiger partial charge in [-0.3, -0.25) is 4.79 Å². The molecule has 8 nitrogen and oxygen atoms in total. The van der Waals surface area contributed by atoms with Gasteiger partial charge >= 0.3 is 0 Å². The van der Waals surface area contributed by atoms with E-state index in [4.69, 9.17) is 14.2 Å². The van der Waals surface area contributed by atoms with Crippen molar-refractivity contribution in [2.24, 2.45) is 4.99 Å². The van der Waals surface area contributed by atoms with Gasteiger partial charge < -0.3 is 29.7 Å².